The molecule has 0 radical (unpaired) electrons. The van der Waals surface area contributed by atoms with E-state index in [0.29, 0.717) is 25.9 Å². The van der Waals surface area contributed by atoms with Crippen LogP contribution in [0, 0.1) is 5.41 Å². The topological polar surface area (TPSA) is 87.7 Å². The third kappa shape index (κ3) is 5.46. The highest BCUT2D eigenvalue weighted by Crippen LogP contribution is 2.19. The lowest BCUT2D eigenvalue weighted by Gasteiger charge is -2.23. The van der Waals surface area contributed by atoms with Crippen LogP contribution < -0.4 is 10.6 Å². The summed E-state index contributed by atoms with van der Waals surface area (Å²) in [6.45, 7) is 7.22. The van der Waals surface area contributed by atoms with Gasteiger partial charge < -0.3 is 20.5 Å². The lowest BCUT2D eigenvalue weighted by molar-refractivity contribution is -0.149. The van der Waals surface area contributed by atoms with Gasteiger partial charge in [-0.25, -0.2) is 9.59 Å². The van der Waals surface area contributed by atoms with Crippen LogP contribution in [0.5, 0.6) is 0 Å². The molecule has 19 heavy (non-hydrogen) atoms. The maximum Gasteiger partial charge on any atom is 0.332 e. The zero-order valence-electron chi connectivity index (χ0n) is 11.9. The molecule has 110 valence electrons. The highest BCUT2D eigenvalue weighted by Gasteiger charge is 2.30. The van der Waals surface area contributed by atoms with Crippen molar-refractivity contribution in [2.45, 2.75) is 52.2 Å². The number of hydrogen-bond acceptors (Lipinski definition) is 3. The largest absolute Gasteiger partial charge is 0.479 e. The van der Waals surface area contributed by atoms with Crippen molar-refractivity contribution in [1.82, 2.24) is 10.6 Å². The van der Waals surface area contributed by atoms with Crippen molar-refractivity contribution in [3.8, 4) is 0 Å². The number of rotatable bonds is 6. The van der Waals surface area contributed by atoms with Gasteiger partial charge in [-0.15, -0.1) is 0 Å². The molecular weight excluding hydrogens is 248 g/mol. The molecule has 2 amide bonds. The van der Waals surface area contributed by atoms with E-state index >= 15 is 0 Å². The van der Waals surface area contributed by atoms with Gasteiger partial charge in [-0.2, -0.15) is 0 Å². The molecular formula is C13H24N2O4. The molecule has 6 heteroatoms. The SMILES string of the molecule is CCC(C)(C)CNC(=O)NCC1CCC(C(=O)O)O1. The van der Waals surface area contributed by atoms with Crippen LogP contribution in [0.15, 0.2) is 0 Å². The standard InChI is InChI=1S/C13H24N2O4/c1-4-13(2,3)8-15-12(18)14-7-9-5-6-10(19-9)11(16)17/h9-10H,4-8H2,1-3H3,(H,16,17)(H2,14,15,18). The molecule has 0 bridgehead atoms. The Balaban J connectivity index is 2.19. The van der Waals surface area contributed by atoms with E-state index in [4.69, 9.17) is 9.84 Å². The Morgan fingerprint density at radius 1 is 1.32 bits per heavy atom. The van der Waals surface area contributed by atoms with Gasteiger partial charge in [0, 0.05) is 13.1 Å². The van der Waals surface area contributed by atoms with E-state index in [0.717, 1.165) is 6.42 Å². The normalized spacial score (nSPS) is 23.1. The van der Waals surface area contributed by atoms with Crippen molar-refractivity contribution in [1.29, 1.82) is 0 Å². The summed E-state index contributed by atoms with van der Waals surface area (Å²) >= 11 is 0. The van der Waals surface area contributed by atoms with Crippen molar-refractivity contribution in [2.75, 3.05) is 13.1 Å². The van der Waals surface area contributed by atoms with Crippen LogP contribution in [0.3, 0.4) is 0 Å². The summed E-state index contributed by atoms with van der Waals surface area (Å²) in [6, 6.07) is -0.232. The Labute approximate surface area is 113 Å². The zero-order chi connectivity index (χ0) is 14.5. The van der Waals surface area contributed by atoms with Gasteiger partial charge in [0.2, 0.25) is 0 Å². The monoisotopic (exact) mass is 272 g/mol. The third-order valence-electron chi connectivity index (χ3n) is 3.56. The molecule has 0 aromatic carbocycles. The van der Waals surface area contributed by atoms with Gasteiger partial charge in [0.05, 0.1) is 6.10 Å². The van der Waals surface area contributed by atoms with Crippen LogP contribution in [-0.4, -0.2) is 42.4 Å². The molecule has 0 aliphatic carbocycles. The Morgan fingerprint density at radius 3 is 2.53 bits per heavy atom. The number of carboxylic acid groups (broad SMARTS) is 1. The summed E-state index contributed by atoms with van der Waals surface area (Å²) in [5.41, 5.74) is 0.0790. The fraction of sp³-hybridized carbons (Fsp3) is 0.846. The second-order valence-electron chi connectivity index (χ2n) is 5.74. The summed E-state index contributed by atoms with van der Waals surface area (Å²) < 4.78 is 5.30. The van der Waals surface area contributed by atoms with Crippen LogP contribution in [0.4, 0.5) is 4.79 Å². The smallest absolute Gasteiger partial charge is 0.332 e. The van der Waals surface area contributed by atoms with E-state index < -0.39 is 12.1 Å². The van der Waals surface area contributed by atoms with E-state index in [2.05, 4.69) is 31.4 Å². The Morgan fingerprint density at radius 2 is 2.00 bits per heavy atom. The van der Waals surface area contributed by atoms with Gasteiger partial charge in [-0.05, 0) is 24.7 Å². The molecule has 2 unspecified atom stereocenters. The molecule has 1 fully saturated rings. The first kappa shape index (κ1) is 15.8. The zero-order valence-corrected chi connectivity index (χ0v) is 11.9. The number of carboxylic acids is 1. The molecule has 1 heterocycles. The van der Waals surface area contributed by atoms with E-state index in [1.54, 1.807) is 0 Å². The summed E-state index contributed by atoms with van der Waals surface area (Å²) in [5.74, 6) is -0.934. The first-order valence-corrected chi connectivity index (χ1v) is 6.74. The maximum atomic E-state index is 11.6. The lowest BCUT2D eigenvalue weighted by Crippen LogP contribution is -2.43. The summed E-state index contributed by atoms with van der Waals surface area (Å²) in [4.78, 5) is 22.3. The number of carbonyl (C=O) groups is 2. The van der Waals surface area contributed by atoms with Crippen molar-refractivity contribution < 1.29 is 19.4 Å². The first-order chi connectivity index (χ1) is 8.84. The lowest BCUT2D eigenvalue weighted by atomic mass is 9.90. The van der Waals surface area contributed by atoms with Crippen molar-refractivity contribution in [3.63, 3.8) is 0 Å². The minimum Gasteiger partial charge on any atom is -0.479 e. The van der Waals surface area contributed by atoms with Crippen LogP contribution >= 0.6 is 0 Å². The molecule has 3 N–H and O–H groups in total. The maximum absolute atomic E-state index is 11.6. The van der Waals surface area contributed by atoms with Crippen LogP contribution in [-0.2, 0) is 9.53 Å². The fourth-order valence-electron chi connectivity index (χ4n) is 1.75. The molecule has 0 aromatic heterocycles. The van der Waals surface area contributed by atoms with Crippen LogP contribution in [0.1, 0.15) is 40.0 Å². The number of nitrogens with one attached hydrogen (secondary N) is 2. The first-order valence-electron chi connectivity index (χ1n) is 6.74. The molecule has 1 aliphatic rings. The summed E-state index contributed by atoms with van der Waals surface area (Å²) in [5, 5.41) is 14.3. The van der Waals surface area contributed by atoms with Gasteiger partial charge >= 0.3 is 12.0 Å². The number of aliphatic carboxylic acids is 1. The van der Waals surface area contributed by atoms with Crippen molar-refractivity contribution in [2.24, 2.45) is 5.41 Å². The molecule has 1 rings (SSSR count). The summed E-state index contributed by atoms with van der Waals surface area (Å²) in [7, 11) is 0. The second-order valence-corrected chi connectivity index (χ2v) is 5.74. The molecule has 0 spiro atoms. The molecule has 0 aromatic rings. The number of carbonyl (C=O) groups excluding carboxylic acids is 1. The Kier molecular flexibility index (Phi) is 5.60. The van der Waals surface area contributed by atoms with Crippen LogP contribution in [0.25, 0.3) is 0 Å². The number of hydrogen-bond donors (Lipinski definition) is 3. The third-order valence-corrected chi connectivity index (χ3v) is 3.56. The van der Waals surface area contributed by atoms with Crippen molar-refractivity contribution in [3.05, 3.63) is 0 Å². The number of urea groups is 1. The van der Waals surface area contributed by atoms with Gasteiger partial charge in [0.25, 0.3) is 0 Å². The minimum absolute atomic E-state index is 0.0790. The molecule has 6 nitrogen and oxygen atoms in total. The van der Waals surface area contributed by atoms with Gasteiger partial charge in [-0.1, -0.05) is 20.8 Å². The van der Waals surface area contributed by atoms with E-state index in [-0.39, 0.29) is 17.6 Å². The highest BCUT2D eigenvalue weighted by molar-refractivity contribution is 5.74. The van der Waals surface area contributed by atoms with E-state index in [9.17, 15) is 9.59 Å². The molecule has 0 saturated carbocycles. The Bertz CT molecular complexity index is 331. The number of ether oxygens (including phenoxy) is 1. The average molecular weight is 272 g/mol. The highest BCUT2D eigenvalue weighted by atomic mass is 16.5. The van der Waals surface area contributed by atoms with E-state index in [1.165, 1.54) is 0 Å². The van der Waals surface area contributed by atoms with Gasteiger partial charge in [-0.3, -0.25) is 0 Å². The molecule has 1 saturated heterocycles. The predicted octanol–water partition coefficient (Wildman–Crippen LogP) is 1.35. The quantitative estimate of drug-likeness (QED) is 0.681. The van der Waals surface area contributed by atoms with Crippen LogP contribution in [0.2, 0.25) is 0 Å². The van der Waals surface area contributed by atoms with Gasteiger partial charge in [0.1, 0.15) is 0 Å². The number of amides is 2. The second kappa shape index (κ2) is 6.75. The van der Waals surface area contributed by atoms with Gasteiger partial charge in [0.15, 0.2) is 6.10 Å². The predicted molar refractivity (Wildman–Crippen MR) is 71.0 cm³/mol. The molecule has 2 atom stereocenters. The fourth-order valence-corrected chi connectivity index (χ4v) is 1.75. The Hall–Kier alpha value is -1.30. The molecule has 1 aliphatic heterocycles. The van der Waals surface area contributed by atoms with Crippen molar-refractivity contribution >= 4 is 12.0 Å². The average Bonchev–Trinajstić information content (AvgIpc) is 2.83. The van der Waals surface area contributed by atoms with E-state index in [1.807, 2.05) is 0 Å². The summed E-state index contributed by atoms with van der Waals surface area (Å²) in [6.07, 6.45) is 1.23. The minimum atomic E-state index is -0.934.